The van der Waals surface area contributed by atoms with Crippen molar-refractivity contribution >= 4 is 22.2 Å². The van der Waals surface area contributed by atoms with Gasteiger partial charge >= 0.3 is 0 Å². The molecule has 0 saturated heterocycles. The number of thiazole rings is 1. The summed E-state index contributed by atoms with van der Waals surface area (Å²) in [5.41, 5.74) is 4.46. The van der Waals surface area contributed by atoms with Crippen LogP contribution in [0.15, 0.2) is 42.6 Å². The zero-order chi connectivity index (χ0) is 19.9. The maximum atomic E-state index is 5.88. The van der Waals surface area contributed by atoms with Gasteiger partial charge in [0.1, 0.15) is 5.75 Å². The molecule has 1 aliphatic rings. The van der Waals surface area contributed by atoms with Crippen molar-refractivity contribution in [2.45, 2.75) is 58.3 Å². The summed E-state index contributed by atoms with van der Waals surface area (Å²) in [6.45, 7) is 3.05. The second kappa shape index (κ2) is 9.88. The van der Waals surface area contributed by atoms with Gasteiger partial charge in [-0.3, -0.25) is 4.98 Å². The summed E-state index contributed by atoms with van der Waals surface area (Å²) >= 11 is 1.74. The summed E-state index contributed by atoms with van der Waals surface area (Å²) in [7, 11) is 0. The van der Waals surface area contributed by atoms with Gasteiger partial charge in [-0.25, -0.2) is 4.98 Å². The molecule has 5 heteroatoms. The summed E-state index contributed by atoms with van der Waals surface area (Å²) < 4.78 is 5.88. The molecule has 3 aromatic rings. The average molecular weight is 408 g/mol. The van der Waals surface area contributed by atoms with Crippen LogP contribution in [0.25, 0.3) is 11.3 Å². The number of aryl methyl sites for hydroxylation is 2. The van der Waals surface area contributed by atoms with E-state index in [9.17, 15) is 0 Å². The topological polar surface area (TPSA) is 47.0 Å². The van der Waals surface area contributed by atoms with Gasteiger partial charge in [-0.15, -0.1) is 11.3 Å². The van der Waals surface area contributed by atoms with Crippen LogP contribution in [0.2, 0.25) is 0 Å². The number of ether oxygens (including phenoxy) is 1. The quantitative estimate of drug-likeness (QED) is 0.376. The Balaban J connectivity index is 1.29. The third-order valence-corrected chi connectivity index (χ3v) is 6.33. The maximum Gasteiger partial charge on any atom is 0.187 e. The van der Waals surface area contributed by atoms with Crippen LogP contribution in [0.1, 0.15) is 56.0 Å². The molecule has 0 saturated carbocycles. The van der Waals surface area contributed by atoms with E-state index in [1.807, 2.05) is 24.4 Å². The van der Waals surface area contributed by atoms with Crippen LogP contribution in [-0.2, 0) is 12.8 Å². The molecular formula is C24H29N3OS. The van der Waals surface area contributed by atoms with Crippen molar-refractivity contribution in [3.05, 3.63) is 53.2 Å². The number of aromatic nitrogens is 2. The fraction of sp³-hybridized carbons (Fsp3) is 0.417. The molecule has 4 rings (SSSR count). The van der Waals surface area contributed by atoms with Crippen LogP contribution < -0.4 is 10.1 Å². The van der Waals surface area contributed by atoms with E-state index in [2.05, 4.69) is 35.4 Å². The first-order valence-corrected chi connectivity index (χ1v) is 11.6. The molecule has 4 nitrogen and oxygen atoms in total. The lowest BCUT2D eigenvalue weighted by Crippen LogP contribution is -2.03. The van der Waals surface area contributed by atoms with Gasteiger partial charge in [-0.1, -0.05) is 39.0 Å². The monoisotopic (exact) mass is 407 g/mol. The van der Waals surface area contributed by atoms with E-state index in [0.717, 1.165) is 53.8 Å². The van der Waals surface area contributed by atoms with E-state index in [1.54, 1.807) is 11.3 Å². The maximum absolute atomic E-state index is 5.88. The second-order valence-electron chi connectivity index (χ2n) is 7.55. The first-order chi connectivity index (χ1) is 14.3. The molecule has 0 aliphatic heterocycles. The molecule has 0 amide bonds. The van der Waals surface area contributed by atoms with Gasteiger partial charge < -0.3 is 10.1 Å². The molecule has 2 aromatic heterocycles. The molecule has 0 fully saturated rings. The van der Waals surface area contributed by atoms with E-state index in [-0.39, 0.29) is 0 Å². The predicted octanol–water partition coefficient (Wildman–Crippen LogP) is 6.79. The van der Waals surface area contributed by atoms with Crippen molar-refractivity contribution < 1.29 is 4.74 Å². The lowest BCUT2D eigenvalue weighted by atomic mass is 9.98. The Morgan fingerprint density at radius 1 is 1.00 bits per heavy atom. The Bertz CT molecular complexity index is 920. The van der Waals surface area contributed by atoms with Gasteiger partial charge in [-0.2, -0.15) is 0 Å². The molecule has 152 valence electrons. The summed E-state index contributed by atoms with van der Waals surface area (Å²) in [5.74, 6) is 0.933. The summed E-state index contributed by atoms with van der Waals surface area (Å²) in [4.78, 5) is 10.7. The summed E-state index contributed by atoms with van der Waals surface area (Å²) in [5, 5.41) is 4.38. The van der Waals surface area contributed by atoms with E-state index in [0.29, 0.717) is 0 Å². The van der Waals surface area contributed by atoms with E-state index in [4.69, 9.17) is 9.72 Å². The van der Waals surface area contributed by atoms with Gasteiger partial charge in [0, 0.05) is 22.3 Å². The fourth-order valence-corrected chi connectivity index (χ4v) is 4.70. The molecule has 2 heterocycles. The number of unbranched alkanes of at least 4 members (excludes halogenated alkanes) is 5. The van der Waals surface area contributed by atoms with Gasteiger partial charge in [-0.05, 0) is 55.7 Å². The number of anilines is 2. The zero-order valence-electron chi connectivity index (χ0n) is 17.1. The molecule has 0 spiro atoms. The van der Waals surface area contributed by atoms with Crippen LogP contribution >= 0.6 is 11.3 Å². The molecular weight excluding hydrogens is 378 g/mol. The van der Waals surface area contributed by atoms with Gasteiger partial charge in [0.25, 0.3) is 0 Å². The smallest absolute Gasteiger partial charge is 0.187 e. The van der Waals surface area contributed by atoms with Crippen molar-refractivity contribution in [2.24, 2.45) is 0 Å². The number of fused-ring (bicyclic) bond motifs is 3. The zero-order valence-corrected chi connectivity index (χ0v) is 17.9. The van der Waals surface area contributed by atoms with Crippen LogP contribution in [0.3, 0.4) is 0 Å². The average Bonchev–Trinajstić information content (AvgIpc) is 3.17. The molecule has 0 radical (unpaired) electrons. The minimum Gasteiger partial charge on any atom is -0.494 e. The lowest BCUT2D eigenvalue weighted by Gasteiger charge is -2.12. The van der Waals surface area contributed by atoms with Crippen molar-refractivity contribution in [3.63, 3.8) is 0 Å². The predicted molar refractivity (Wildman–Crippen MR) is 121 cm³/mol. The first kappa shape index (κ1) is 19.9. The van der Waals surface area contributed by atoms with Crippen molar-refractivity contribution in [3.8, 4) is 17.0 Å². The summed E-state index contributed by atoms with van der Waals surface area (Å²) in [6, 6.07) is 12.3. The minimum atomic E-state index is 0.797. The third-order valence-electron chi connectivity index (χ3n) is 5.30. The Morgan fingerprint density at radius 3 is 2.69 bits per heavy atom. The number of hydrogen-bond donors (Lipinski definition) is 1. The lowest BCUT2D eigenvalue weighted by molar-refractivity contribution is 0.304. The molecule has 0 bridgehead atoms. The Kier molecular flexibility index (Phi) is 6.78. The molecule has 1 N–H and O–H groups in total. The van der Waals surface area contributed by atoms with Gasteiger partial charge in [0.2, 0.25) is 0 Å². The largest absolute Gasteiger partial charge is 0.494 e. The van der Waals surface area contributed by atoms with Crippen LogP contribution in [0, 0.1) is 0 Å². The standard InChI is InChI=1S/C24H29N3OS/c1-2-3-4-5-6-7-17-28-19-12-10-18(11-13-19)26-24-27-23-20-9-8-16-25-21(20)14-15-22(23)29-24/h8-13,16H,2-7,14-15,17H2,1H3,(H,26,27). The number of benzene rings is 1. The van der Waals surface area contributed by atoms with Crippen LogP contribution in [0.5, 0.6) is 5.75 Å². The number of nitrogens with zero attached hydrogens (tertiary/aromatic N) is 2. The Hall–Kier alpha value is -2.40. The normalized spacial score (nSPS) is 12.3. The van der Waals surface area contributed by atoms with Gasteiger partial charge in [0.05, 0.1) is 18.0 Å². The first-order valence-electron chi connectivity index (χ1n) is 10.8. The van der Waals surface area contributed by atoms with Crippen molar-refractivity contribution in [1.29, 1.82) is 0 Å². The highest BCUT2D eigenvalue weighted by Crippen LogP contribution is 2.38. The number of hydrogen-bond acceptors (Lipinski definition) is 5. The highest BCUT2D eigenvalue weighted by atomic mass is 32.1. The molecule has 0 unspecified atom stereocenters. The number of nitrogens with one attached hydrogen (secondary N) is 1. The third kappa shape index (κ3) is 5.15. The number of pyridine rings is 1. The van der Waals surface area contributed by atoms with Crippen LogP contribution in [-0.4, -0.2) is 16.6 Å². The molecule has 29 heavy (non-hydrogen) atoms. The Labute approximate surface area is 177 Å². The van der Waals surface area contributed by atoms with E-state index in [1.165, 1.54) is 42.5 Å². The van der Waals surface area contributed by atoms with Gasteiger partial charge in [0.15, 0.2) is 5.13 Å². The van der Waals surface area contributed by atoms with E-state index >= 15 is 0 Å². The molecule has 1 aliphatic carbocycles. The van der Waals surface area contributed by atoms with Crippen molar-refractivity contribution in [1.82, 2.24) is 9.97 Å². The number of rotatable bonds is 10. The fourth-order valence-electron chi connectivity index (χ4n) is 3.70. The SMILES string of the molecule is CCCCCCCCOc1ccc(Nc2nc3c(s2)CCc2ncccc2-3)cc1. The Morgan fingerprint density at radius 2 is 1.83 bits per heavy atom. The van der Waals surface area contributed by atoms with E-state index < -0.39 is 0 Å². The highest BCUT2D eigenvalue weighted by Gasteiger charge is 2.21. The van der Waals surface area contributed by atoms with Crippen molar-refractivity contribution in [2.75, 3.05) is 11.9 Å². The molecule has 1 aromatic carbocycles. The highest BCUT2D eigenvalue weighted by molar-refractivity contribution is 7.16. The van der Waals surface area contributed by atoms with Crippen LogP contribution in [0.4, 0.5) is 10.8 Å². The summed E-state index contributed by atoms with van der Waals surface area (Å²) in [6.07, 6.45) is 11.6. The minimum absolute atomic E-state index is 0.797. The second-order valence-corrected chi connectivity index (χ2v) is 8.64. The molecule has 0 atom stereocenters.